The highest BCUT2D eigenvalue weighted by atomic mass is 16.3. The molecule has 0 spiro atoms. The van der Waals surface area contributed by atoms with Crippen LogP contribution < -0.4 is 5.32 Å². The van der Waals surface area contributed by atoms with Crippen LogP contribution in [0.5, 0.6) is 0 Å². The molecule has 92 valence electrons. The molecule has 1 unspecified atom stereocenters. The minimum Gasteiger partial charge on any atom is -0.392 e. The minimum atomic E-state index is -0.503. The molecule has 1 amide bonds. The second-order valence-electron chi connectivity index (χ2n) is 4.75. The van der Waals surface area contributed by atoms with E-state index in [0.717, 1.165) is 12.8 Å². The summed E-state index contributed by atoms with van der Waals surface area (Å²) in [4.78, 5) is 11.8. The average Bonchev–Trinajstić information content (AvgIpc) is 2.35. The first kappa shape index (κ1) is 12.1. The first-order valence-corrected chi connectivity index (χ1v) is 6.25. The number of amides is 1. The number of benzene rings is 1. The molecule has 0 fully saturated rings. The van der Waals surface area contributed by atoms with Crippen LogP contribution >= 0.6 is 0 Å². The van der Waals surface area contributed by atoms with E-state index in [0.29, 0.717) is 12.1 Å². The number of aliphatic hydroxyl groups excluding tert-OH is 1. The van der Waals surface area contributed by atoms with Crippen molar-refractivity contribution in [3.63, 3.8) is 0 Å². The average molecular weight is 233 g/mol. The highest BCUT2D eigenvalue weighted by Gasteiger charge is 2.12. The van der Waals surface area contributed by atoms with Crippen molar-refractivity contribution >= 4 is 5.91 Å². The van der Waals surface area contributed by atoms with E-state index in [-0.39, 0.29) is 5.91 Å². The van der Waals surface area contributed by atoms with E-state index in [4.69, 9.17) is 5.11 Å². The summed E-state index contributed by atoms with van der Waals surface area (Å²) in [6, 6.07) is 5.93. The van der Waals surface area contributed by atoms with Crippen molar-refractivity contribution in [2.45, 2.75) is 38.7 Å². The first-order valence-electron chi connectivity index (χ1n) is 6.25. The smallest absolute Gasteiger partial charge is 0.251 e. The lowest BCUT2D eigenvalue weighted by atomic mass is 9.90. The van der Waals surface area contributed by atoms with Gasteiger partial charge in [-0.05, 0) is 55.9 Å². The van der Waals surface area contributed by atoms with Crippen molar-refractivity contribution in [3.05, 3.63) is 34.9 Å². The molecule has 1 aromatic rings. The summed E-state index contributed by atoms with van der Waals surface area (Å²) < 4.78 is 0. The van der Waals surface area contributed by atoms with Crippen LogP contribution in [0, 0.1) is 0 Å². The molecular weight excluding hydrogens is 214 g/mol. The molecule has 0 radical (unpaired) electrons. The Morgan fingerprint density at radius 1 is 1.35 bits per heavy atom. The Bertz CT molecular complexity index is 413. The Balaban J connectivity index is 2.08. The Labute approximate surface area is 102 Å². The number of carbonyl (C=O) groups is 1. The zero-order chi connectivity index (χ0) is 12.3. The van der Waals surface area contributed by atoms with Gasteiger partial charge in [0.25, 0.3) is 5.91 Å². The minimum absolute atomic E-state index is 0.0979. The Hall–Kier alpha value is -1.35. The highest BCUT2D eigenvalue weighted by Crippen LogP contribution is 2.22. The number of hydrogen-bond donors (Lipinski definition) is 2. The van der Waals surface area contributed by atoms with Gasteiger partial charge in [0, 0.05) is 12.1 Å². The van der Waals surface area contributed by atoms with Crippen molar-refractivity contribution in [3.8, 4) is 0 Å². The van der Waals surface area contributed by atoms with E-state index >= 15 is 0 Å². The molecule has 1 aliphatic rings. The van der Waals surface area contributed by atoms with Gasteiger partial charge in [-0.15, -0.1) is 0 Å². The number of rotatable bonds is 3. The molecule has 3 nitrogen and oxygen atoms in total. The van der Waals surface area contributed by atoms with Crippen LogP contribution in [0.1, 0.15) is 41.3 Å². The summed E-state index contributed by atoms with van der Waals surface area (Å²) in [5.74, 6) is -0.0979. The molecule has 1 atom stereocenters. The van der Waals surface area contributed by atoms with E-state index in [1.807, 2.05) is 12.1 Å². The van der Waals surface area contributed by atoms with Crippen molar-refractivity contribution in [1.82, 2.24) is 5.32 Å². The fourth-order valence-electron chi connectivity index (χ4n) is 2.22. The number of carbonyl (C=O) groups excluding carboxylic acids is 1. The van der Waals surface area contributed by atoms with E-state index < -0.39 is 6.10 Å². The van der Waals surface area contributed by atoms with E-state index in [9.17, 15) is 4.79 Å². The maximum Gasteiger partial charge on any atom is 0.251 e. The van der Waals surface area contributed by atoms with Gasteiger partial charge in [-0.1, -0.05) is 6.07 Å². The molecule has 0 aliphatic heterocycles. The van der Waals surface area contributed by atoms with Gasteiger partial charge in [0.15, 0.2) is 0 Å². The Kier molecular flexibility index (Phi) is 3.79. The largest absolute Gasteiger partial charge is 0.392 e. The fourth-order valence-corrected chi connectivity index (χ4v) is 2.22. The fraction of sp³-hybridized carbons (Fsp3) is 0.500. The van der Waals surface area contributed by atoms with E-state index in [2.05, 4.69) is 11.4 Å². The normalized spacial score (nSPS) is 16.1. The van der Waals surface area contributed by atoms with Gasteiger partial charge < -0.3 is 10.4 Å². The molecule has 3 heteroatoms. The van der Waals surface area contributed by atoms with Gasteiger partial charge in [0.1, 0.15) is 0 Å². The van der Waals surface area contributed by atoms with Crippen molar-refractivity contribution in [1.29, 1.82) is 0 Å². The van der Waals surface area contributed by atoms with Crippen molar-refractivity contribution in [2.24, 2.45) is 0 Å². The number of hydrogen-bond acceptors (Lipinski definition) is 2. The van der Waals surface area contributed by atoms with Crippen LogP contribution in [-0.4, -0.2) is 23.7 Å². The quantitative estimate of drug-likeness (QED) is 0.834. The molecule has 1 aliphatic carbocycles. The maximum absolute atomic E-state index is 11.8. The summed E-state index contributed by atoms with van der Waals surface area (Å²) in [5, 5.41) is 11.8. The maximum atomic E-state index is 11.8. The molecule has 2 rings (SSSR count). The van der Waals surface area contributed by atoms with Crippen LogP contribution in [0.3, 0.4) is 0 Å². The molecule has 0 bridgehead atoms. The van der Waals surface area contributed by atoms with Crippen LogP contribution in [0.4, 0.5) is 0 Å². The van der Waals surface area contributed by atoms with E-state index in [1.54, 1.807) is 6.92 Å². The van der Waals surface area contributed by atoms with Crippen LogP contribution in [0.2, 0.25) is 0 Å². The standard InChI is InChI=1S/C14H19NO2/c1-10(16)9-15-14(17)13-7-6-11-4-2-3-5-12(11)8-13/h6-8,10,16H,2-5,9H2,1H3,(H,15,17). The Morgan fingerprint density at radius 2 is 2.06 bits per heavy atom. The summed E-state index contributed by atoms with van der Waals surface area (Å²) in [7, 11) is 0. The second-order valence-corrected chi connectivity index (χ2v) is 4.75. The summed E-state index contributed by atoms with van der Waals surface area (Å²) in [6.45, 7) is 1.96. The molecule has 0 saturated carbocycles. The monoisotopic (exact) mass is 233 g/mol. The molecule has 17 heavy (non-hydrogen) atoms. The molecule has 0 saturated heterocycles. The van der Waals surface area contributed by atoms with Gasteiger partial charge in [-0.2, -0.15) is 0 Å². The molecule has 0 aromatic heterocycles. The molecule has 2 N–H and O–H groups in total. The molecular formula is C14H19NO2. The van der Waals surface area contributed by atoms with Gasteiger partial charge in [-0.3, -0.25) is 4.79 Å². The zero-order valence-corrected chi connectivity index (χ0v) is 10.2. The third-order valence-corrected chi connectivity index (χ3v) is 3.17. The van der Waals surface area contributed by atoms with Gasteiger partial charge in [0.2, 0.25) is 0 Å². The molecule has 1 aromatic carbocycles. The summed E-state index contributed by atoms with van der Waals surface area (Å²) in [5.41, 5.74) is 3.38. The topological polar surface area (TPSA) is 49.3 Å². The third kappa shape index (κ3) is 3.07. The van der Waals surface area contributed by atoms with Crippen molar-refractivity contribution in [2.75, 3.05) is 6.54 Å². The molecule has 0 heterocycles. The van der Waals surface area contributed by atoms with Gasteiger partial charge in [0.05, 0.1) is 6.10 Å². The summed E-state index contributed by atoms with van der Waals surface area (Å²) in [6.07, 6.45) is 4.17. The zero-order valence-electron chi connectivity index (χ0n) is 10.2. The predicted molar refractivity (Wildman–Crippen MR) is 67.1 cm³/mol. The van der Waals surface area contributed by atoms with Gasteiger partial charge >= 0.3 is 0 Å². The highest BCUT2D eigenvalue weighted by molar-refractivity contribution is 5.94. The number of aliphatic hydroxyl groups is 1. The number of fused-ring (bicyclic) bond motifs is 1. The van der Waals surface area contributed by atoms with Crippen molar-refractivity contribution < 1.29 is 9.90 Å². The first-order chi connectivity index (χ1) is 8.16. The number of aryl methyl sites for hydroxylation is 2. The lowest BCUT2D eigenvalue weighted by Gasteiger charge is -2.16. The SMILES string of the molecule is CC(O)CNC(=O)c1ccc2c(c1)CCCC2. The van der Waals surface area contributed by atoms with Crippen LogP contribution in [0.15, 0.2) is 18.2 Å². The third-order valence-electron chi connectivity index (χ3n) is 3.17. The lowest BCUT2D eigenvalue weighted by Crippen LogP contribution is -2.30. The number of nitrogens with one attached hydrogen (secondary N) is 1. The van der Waals surface area contributed by atoms with E-state index in [1.165, 1.54) is 24.0 Å². The lowest BCUT2D eigenvalue weighted by molar-refractivity contribution is 0.0924. The van der Waals surface area contributed by atoms with Crippen LogP contribution in [-0.2, 0) is 12.8 Å². The Morgan fingerprint density at radius 3 is 2.76 bits per heavy atom. The second kappa shape index (κ2) is 5.32. The summed E-state index contributed by atoms with van der Waals surface area (Å²) >= 11 is 0. The van der Waals surface area contributed by atoms with Gasteiger partial charge in [-0.25, -0.2) is 0 Å². The van der Waals surface area contributed by atoms with Crippen LogP contribution in [0.25, 0.3) is 0 Å². The predicted octanol–water partition coefficient (Wildman–Crippen LogP) is 1.68.